The van der Waals surface area contributed by atoms with E-state index in [1.807, 2.05) is 6.92 Å². The number of ether oxygens (including phenoxy) is 3. The molecule has 0 unspecified atom stereocenters. The van der Waals surface area contributed by atoms with E-state index in [2.05, 4.69) is 9.88 Å². The second-order valence-electron chi connectivity index (χ2n) is 5.49. The first-order chi connectivity index (χ1) is 12.4. The number of halogens is 1. The summed E-state index contributed by atoms with van der Waals surface area (Å²) >= 11 is 0. The van der Waals surface area contributed by atoms with Crippen LogP contribution in [-0.2, 0) is 14.8 Å². The molecule has 2 rings (SSSR count). The summed E-state index contributed by atoms with van der Waals surface area (Å²) < 4.78 is 42.2. The Balaban J connectivity index is 0.00000364. The van der Waals surface area contributed by atoms with Gasteiger partial charge in [0.2, 0.25) is 15.8 Å². The SMILES string of the molecule is CCN1CCN(S(=O)(=O)c2ccnc(OCCOC)c2OC(=O)O)CC1.Cl. The summed E-state index contributed by atoms with van der Waals surface area (Å²) in [6.07, 6.45) is -0.409. The predicted molar refractivity (Wildman–Crippen MR) is 98.4 cm³/mol. The number of rotatable bonds is 8. The van der Waals surface area contributed by atoms with Gasteiger partial charge in [-0.05, 0) is 12.6 Å². The standard InChI is InChI=1S/C15H23N3O7S.ClH/c1-3-17-6-8-18(9-7-17)26(21,22)12-4-5-16-14(24-11-10-23-2)13(12)25-15(19)20;/h4-5H,3,6-11H2,1-2H3,(H,19,20);1H. The van der Waals surface area contributed by atoms with Crippen LogP contribution in [0.3, 0.4) is 0 Å². The number of sulfonamides is 1. The Bertz CT molecular complexity index is 724. The predicted octanol–water partition coefficient (Wildman–Crippen LogP) is 0.912. The highest BCUT2D eigenvalue weighted by Crippen LogP contribution is 2.34. The number of carboxylic acid groups (broad SMARTS) is 1. The summed E-state index contributed by atoms with van der Waals surface area (Å²) in [4.78, 5) is 16.8. The molecule has 2 heterocycles. The van der Waals surface area contributed by atoms with Gasteiger partial charge in [-0.1, -0.05) is 6.92 Å². The monoisotopic (exact) mass is 425 g/mol. The second-order valence-corrected chi connectivity index (χ2v) is 7.40. The molecule has 0 radical (unpaired) electrons. The maximum atomic E-state index is 13.0. The van der Waals surface area contributed by atoms with Crippen molar-refractivity contribution in [3.63, 3.8) is 0 Å². The van der Waals surface area contributed by atoms with Crippen molar-refractivity contribution in [2.45, 2.75) is 11.8 Å². The third-order valence-corrected chi connectivity index (χ3v) is 5.87. The van der Waals surface area contributed by atoms with E-state index in [0.717, 1.165) is 6.54 Å². The fraction of sp³-hybridized carbons (Fsp3) is 0.600. The van der Waals surface area contributed by atoms with Crippen LogP contribution in [0.1, 0.15) is 6.92 Å². The van der Waals surface area contributed by atoms with Gasteiger partial charge >= 0.3 is 6.16 Å². The van der Waals surface area contributed by atoms with Crippen LogP contribution in [0, 0.1) is 0 Å². The topological polar surface area (TPSA) is 119 Å². The number of hydrogen-bond acceptors (Lipinski definition) is 8. The van der Waals surface area contributed by atoms with Crippen molar-refractivity contribution < 1.29 is 32.5 Å². The van der Waals surface area contributed by atoms with E-state index in [0.29, 0.717) is 26.2 Å². The first kappa shape index (κ1) is 23.4. The number of likely N-dealkylation sites (N-methyl/N-ethyl adjacent to an activating group) is 1. The molecule has 0 atom stereocenters. The van der Waals surface area contributed by atoms with Crippen molar-refractivity contribution in [2.24, 2.45) is 0 Å². The van der Waals surface area contributed by atoms with Gasteiger partial charge in [0.15, 0.2) is 0 Å². The summed E-state index contributed by atoms with van der Waals surface area (Å²) in [7, 11) is -2.48. The summed E-state index contributed by atoms with van der Waals surface area (Å²) in [5, 5.41) is 8.98. The zero-order valence-electron chi connectivity index (χ0n) is 15.2. The number of hydrogen-bond donors (Lipinski definition) is 1. The molecule has 27 heavy (non-hydrogen) atoms. The van der Waals surface area contributed by atoms with Crippen LogP contribution < -0.4 is 9.47 Å². The lowest BCUT2D eigenvalue weighted by Gasteiger charge is -2.33. The van der Waals surface area contributed by atoms with E-state index in [-0.39, 0.29) is 36.4 Å². The third-order valence-electron chi connectivity index (χ3n) is 3.95. The lowest BCUT2D eigenvalue weighted by molar-refractivity contribution is 0.129. The molecule has 1 aromatic rings. The maximum absolute atomic E-state index is 13.0. The number of pyridine rings is 1. The fourth-order valence-electron chi connectivity index (χ4n) is 2.55. The Hall–Kier alpha value is -1.66. The summed E-state index contributed by atoms with van der Waals surface area (Å²) in [5.74, 6) is -0.647. The number of carbonyl (C=O) groups is 1. The van der Waals surface area contributed by atoms with Crippen LogP contribution in [0.4, 0.5) is 4.79 Å². The quantitative estimate of drug-likeness (QED) is 0.478. The number of nitrogens with zero attached hydrogens (tertiary/aromatic N) is 3. The summed E-state index contributed by atoms with van der Waals surface area (Å²) in [6.45, 7) is 4.97. The molecular weight excluding hydrogens is 402 g/mol. The molecule has 1 aliphatic heterocycles. The third kappa shape index (κ3) is 5.91. The number of aromatic nitrogens is 1. The highest BCUT2D eigenvalue weighted by Gasteiger charge is 2.33. The molecule has 1 fully saturated rings. The van der Waals surface area contributed by atoms with Gasteiger partial charge in [0.25, 0.3) is 5.88 Å². The summed E-state index contributed by atoms with van der Waals surface area (Å²) in [6, 6.07) is 1.21. The first-order valence-electron chi connectivity index (χ1n) is 8.14. The highest BCUT2D eigenvalue weighted by molar-refractivity contribution is 7.89. The van der Waals surface area contributed by atoms with Crippen molar-refractivity contribution in [1.29, 1.82) is 0 Å². The van der Waals surface area contributed by atoms with Crippen LogP contribution in [0.5, 0.6) is 11.6 Å². The zero-order chi connectivity index (χ0) is 19.2. The van der Waals surface area contributed by atoms with E-state index < -0.39 is 21.9 Å². The van der Waals surface area contributed by atoms with Gasteiger partial charge < -0.3 is 24.2 Å². The average Bonchev–Trinajstić information content (AvgIpc) is 2.62. The molecule has 1 aromatic heterocycles. The van der Waals surface area contributed by atoms with Crippen LogP contribution in [-0.4, -0.2) is 86.9 Å². The summed E-state index contributed by atoms with van der Waals surface area (Å²) in [5.41, 5.74) is 0. The molecule has 1 N–H and O–H groups in total. The molecule has 10 nitrogen and oxygen atoms in total. The molecule has 12 heteroatoms. The Morgan fingerprint density at radius 3 is 2.48 bits per heavy atom. The van der Waals surface area contributed by atoms with Crippen molar-refractivity contribution >= 4 is 28.6 Å². The Morgan fingerprint density at radius 1 is 1.26 bits per heavy atom. The fourth-order valence-corrected chi connectivity index (χ4v) is 4.06. The zero-order valence-corrected chi connectivity index (χ0v) is 16.8. The Labute approximate surface area is 164 Å². The number of methoxy groups -OCH3 is 1. The molecule has 1 saturated heterocycles. The lowest BCUT2D eigenvalue weighted by Crippen LogP contribution is -2.48. The van der Waals surface area contributed by atoms with Crippen LogP contribution in [0.25, 0.3) is 0 Å². The average molecular weight is 426 g/mol. The van der Waals surface area contributed by atoms with E-state index in [1.54, 1.807) is 0 Å². The molecule has 0 bridgehead atoms. The van der Waals surface area contributed by atoms with Crippen molar-refractivity contribution in [2.75, 3.05) is 53.0 Å². The largest absolute Gasteiger partial charge is 0.511 e. The maximum Gasteiger partial charge on any atom is 0.511 e. The molecule has 0 amide bonds. The minimum absolute atomic E-state index is 0. The normalized spacial score (nSPS) is 15.8. The number of piperazine rings is 1. The smallest absolute Gasteiger partial charge is 0.473 e. The van der Waals surface area contributed by atoms with Gasteiger partial charge in [-0.3, -0.25) is 0 Å². The second kappa shape index (κ2) is 10.6. The van der Waals surface area contributed by atoms with Crippen LogP contribution >= 0.6 is 12.4 Å². The Morgan fingerprint density at radius 2 is 1.93 bits per heavy atom. The van der Waals surface area contributed by atoms with Gasteiger partial charge in [0, 0.05) is 39.5 Å². The lowest BCUT2D eigenvalue weighted by atomic mass is 10.4. The van der Waals surface area contributed by atoms with E-state index in [4.69, 9.17) is 19.3 Å². The minimum Gasteiger partial charge on any atom is -0.473 e. The molecule has 0 aromatic carbocycles. The molecule has 1 aliphatic rings. The van der Waals surface area contributed by atoms with Crippen molar-refractivity contribution in [3.8, 4) is 11.6 Å². The highest BCUT2D eigenvalue weighted by atomic mass is 35.5. The van der Waals surface area contributed by atoms with Gasteiger partial charge in [0.1, 0.15) is 11.5 Å². The molecule has 0 aliphatic carbocycles. The molecule has 154 valence electrons. The van der Waals surface area contributed by atoms with Crippen LogP contribution in [0.15, 0.2) is 17.2 Å². The van der Waals surface area contributed by atoms with Gasteiger partial charge in [-0.15, -0.1) is 12.4 Å². The van der Waals surface area contributed by atoms with E-state index in [1.165, 1.54) is 23.7 Å². The van der Waals surface area contributed by atoms with Gasteiger partial charge in [-0.25, -0.2) is 18.2 Å². The van der Waals surface area contributed by atoms with Gasteiger partial charge in [0.05, 0.1) is 6.61 Å². The van der Waals surface area contributed by atoms with Crippen molar-refractivity contribution in [1.82, 2.24) is 14.2 Å². The van der Waals surface area contributed by atoms with Crippen molar-refractivity contribution in [3.05, 3.63) is 12.3 Å². The molecule has 0 spiro atoms. The van der Waals surface area contributed by atoms with Gasteiger partial charge in [-0.2, -0.15) is 4.31 Å². The Kier molecular flexibility index (Phi) is 9.19. The first-order valence-corrected chi connectivity index (χ1v) is 9.58. The van der Waals surface area contributed by atoms with E-state index in [9.17, 15) is 13.2 Å². The van der Waals surface area contributed by atoms with E-state index >= 15 is 0 Å². The molecule has 0 saturated carbocycles. The molecular formula is C15H24ClN3O7S. The minimum atomic E-state index is -3.96. The van der Waals surface area contributed by atoms with Crippen LogP contribution in [0.2, 0.25) is 0 Å².